The summed E-state index contributed by atoms with van der Waals surface area (Å²) in [5, 5.41) is 9.57. The molecule has 0 aromatic carbocycles. The van der Waals surface area contributed by atoms with E-state index in [0.717, 1.165) is 70.6 Å². The highest BCUT2D eigenvalue weighted by molar-refractivity contribution is 5.70. The largest absolute Gasteiger partial charge is 0.462 e. The van der Waals surface area contributed by atoms with E-state index in [0.29, 0.717) is 12.8 Å². The summed E-state index contributed by atoms with van der Waals surface area (Å²) in [7, 11) is 0. The van der Waals surface area contributed by atoms with Gasteiger partial charge in [-0.1, -0.05) is 172 Å². The quantitative estimate of drug-likeness (QED) is 0.0394. The number of aliphatic hydroxyl groups is 1. The second kappa shape index (κ2) is 41.3. The Morgan fingerprint density at radius 3 is 1.32 bits per heavy atom. The Labute approximate surface area is 309 Å². The first kappa shape index (κ1) is 47.9. The molecule has 5 nitrogen and oxygen atoms in total. The van der Waals surface area contributed by atoms with E-state index in [1.165, 1.54) is 109 Å². The van der Waals surface area contributed by atoms with Crippen LogP contribution in [0, 0.1) is 0 Å². The average Bonchev–Trinajstić information content (AvgIpc) is 3.12. The van der Waals surface area contributed by atoms with Crippen molar-refractivity contribution in [2.24, 2.45) is 0 Å². The lowest BCUT2D eigenvalue weighted by atomic mass is 10.0. The van der Waals surface area contributed by atoms with Crippen molar-refractivity contribution in [2.45, 2.75) is 213 Å². The molecule has 0 aliphatic carbocycles. The topological polar surface area (TPSA) is 72.8 Å². The molecule has 0 spiro atoms. The molecule has 0 aliphatic heterocycles. The minimum absolute atomic E-state index is 0.0732. The summed E-state index contributed by atoms with van der Waals surface area (Å²) in [6.45, 7) is 4.01. The summed E-state index contributed by atoms with van der Waals surface area (Å²) in [4.78, 5) is 24.3. The predicted molar refractivity (Wildman–Crippen MR) is 214 cm³/mol. The van der Waals surface area contributed by atoms with Crippen LogP contribution in [0.25, 0.3) is 0 Å². The van der Waals surface area contributed by atoms with Gasteiger partial charge >= 0.3 is 11.9 Å². The van der Waals surface area contributed by atoms with Crippen molar-refractivity contribution in [1.29, 1.82) is 0 Å². The molecule has 0 saturated carbocycles. The molecule has 0 fully saturated rings. The van der Waals surface area contributed by atoms with Crippen molar-refractivity contribution in [3.8, 4) is 0 Å². The molecule has 290 valence electrons. The van der Waals surface area contributed by atoms with E-state index in [9.17, 15) is 14.7 Å². The van der Waals surface area contributed by atoms with Gasteiger partial charge in [0.25, 0.3) is 0 Å². The highest BCUT2D eigenvalue weighted by atomic mass is 16.6. The fourth-order valence-electron chi connectivity index (χ4n) is 5.92. The lowest BCUT2D eigenvalue weighted by Crippen LogP contribution is -2.28. The fraction of sp³-hybridized carbons (Fsp3) is 0.778. The lowest BCUT2D eigenvalue weighted by molar-refractivity contribution is -0.161. The van der Waals surface area contributed by atoms with Crippen molar-refractivity contribution in [3.63, 3.8) is 0 Å². The number of ether oxygens (including phenoxy) is 2. The number of carbonyl (C=O) groups excluding carboxylic acids is 2. The average molecular weight is 701 g/mol. The molecule has 1 atom stereocenters. The highest BCUT2D eigenvalue weighted by Crippen LogP contribution is 2.14. The Balaban J connectivity index is 3.54. The maximum Gasteiger partial charge on any atom is 0.306 e. The highest BCUT2D eigenvalue weighted by Gasteiger charge is 2.16. The van der Waals surface area contributed by atoms with E-state index in [4.69, 9.17) is 9.47 Å². The monoisotopic (exact) mass is 701 g/mol. The van der Waals surface area contributed by atoms with Gasteiger partial charge in [-0.2, -0.15) is 0 Å². The summed E-state index contributed by atoms with van der Waals surface area (Å²) in [5.41, 5.74) is 0. The molecule has 0 heterocycles. The maximum atomic E-state index is 12.2. The Morgan fingerprint density at radius 2 is 0.860 bits per heavy atom. The lowest BCUT2D eigenvalue weighted by Gasteiger charge is -2.15. The van der Waals surface area contributed by atoms with Gasteiger partial charge in [0, 0.05) is 12.8 Å². The number of aliphatic hydroxyl groups excluding tert-OH is 1. The van der Waals surface area contributed by atoms with Gasteiger partial charge in [0.15, 0.2) is 6.10 Å². The van der Waals surface area contributed by atoms with E-state index in [1.807, 2.05) is 0 Å². The summed E-state index contributed by atoms with van der Waals surface area (Å²) in [6.07, 6.45) is 51.8. The predicted octanol–water partition coefficient (Wildman–Crippen LogP) is 13.4. The smallest absolute Gasteiger partial charge is 0.306 e. The molecule has 0 saturated heterocycles. The number of hydrogen-bond donors (Lipinski definition) is 1. The third-order valence-corrected chi connectivity index (χ3v) is 9.11. The van der Waals surface area contributed by atoms with E-state index in [2.05, 4.69) is 62.5 Å². The van der Waals surface area contributed by atoms with Crippen LogP contribution in [0.1, 0.15) is 206 Å². The second-order valence-corrected chi connectivity index (χ2v) is 14.0. The summed E-state index contributed by atoms with van der Waals surface area (Å²) in [5.74, 6) is -0.609. The molecule has 0 bridgehead atoms. The van der Waals surface area contributed by atoms with Gasteiger partial charge in [-0.15, -0.1) is 0 Å². The maximum absolute atomic E-state index is 12.2. The molecule has 0 aromatic rings. The second-order valence-electron chi connectivity index (χ2n) is 14.0. The molecule has 1 N–H and O–H groups in total. The van der Waals surface area contributed by atoms with Gasteiger partial charge in [0.05, 0.1) is 6.61 Å². The van der Waals surface area contributed by atoms with E-state index < -0.39 is 6.10 Å². The van der Waals surface area contributed by atoms with Gasteiger partial charge in [0.2, 0.25) is 0 Å². The summed E-state index contributed by atoms with van der Waals surface area (Å²) < 4.78 is 10.6. The Hall–Kier alpha value is -2.14. The van der Waals surface area contributed by atoms with Crippen LogP contribution in [-0.2, 0) is 19.1 Å². The zero-order valence-electron chi connectivity index (χ0n) is 32.9. The first-order chi connectivity index (χ1) is 24.6. The van der Waals surface area contributed by atoms with Crippen LogP contribution >= 0.6 is 0 Å². The van der Waals surface area contributed by atoms with E-state index in [-0.39, 0.29) is 25.2 Å². The first-order valence-electron chi connectivity index (χ1n) is 21.2. The third kappa shape index (κ3) is 38.7. The van der Waals surface area contributed by atoms with Gasteiger partial charge in [-0.25, -0.2) is 0 Å². The van der Waals surface area contributed by atoms with Crippen LogP contribution in [0.2, 0.25) is 0 Å². The zero-order valence-corrected chi connectivity index (χ0v) is 32.9. The molecular formula is C45H80O5. The third-order valence-electron chi connectivity index (χ3n) is 9.11. The first-order valence-corrected chi connectivity index (χ1v) is 21.2. The Bertz CT molecular complexity index is 842. The molecule has 0 rings (SSSR count). The molecule has 5 heteroatoms. The van der Waals surface area contributed by atoms with Gasteiger partial charge in [0.1, 0.15) is 6.61 Å². The SMILES string of the molecule is CC/C=C/C/C=C/C/C=C/CCCCCCCC(=O)O[C@@H](CO)COC(=O)CCCCCCCCCCCCC/C=C/CCCCCCCC. The van der Waals surface area contributed by atoms with Crippen molar-refractivity contribution < 1.29 is 24.2 Å². The normalized spacial score (nSPS) is 12.6. The molecule has 0 aliphatic rings. The molecule has 0 aromatic heterocycles. The Morgan fingerprint density at radius 1 is 0.480 bits per heavy atom. The van der Waals surface area contributed by atoms with Crippen LogP contribution in [0.5, 0.6) is 0 Å². The molecule has 50 heavy (non-hydrogen) atoms. The number of unbranched alkanes of at least 4 members (excludes halogenated alkanes) is 22. The molecule has 0 amide bonds. The van der Waals surface area contributed by atoms with Crippen LogP contribution in [0.3, 0.4) is 0 Å². The minimum atomic E-state index is -0.780. The van der Waals surface area contributed by atoms with Crippen molar-refractivity contribution in [1.82, 2.24) is 0 Å². The van der Waals surface area contributed by atoms with E-state index >= 15 is 0 Å². The van der Waals surface area contributed by atoms with Crippen molar-refractivity contribution in [3.05, 3.63) is 48.6 Å². The van der Waals surface area contributed by atoms with Crippen molar-refractivity contribution >= 4 is 11.9 Å². The molecule has 0 unspecified atom stereocenters. The van der Waals surface area contributed by atoms with Gasteiger partial charge in [-0.3, -0.25) is 9.59 Å². The van der Waals surface area contributed by atoms with Gasteiger partial charge < -0.3 is 14.6 Å². The number of hydrogen-bond acceptors (Lipinski definition) is 5. The summed E-state index contributed by atoms with van der Waals surface area (Å²) in [6, 6.07) is 0. The fourth-order valence-corrected chi connectivity index (χ4v) is 5.92. The number of carbonyl (C=O) groups is 2. The minimum Gasteiger partial charge on any atom is -0.462 e. The number of allylic oxidation sites excluding steroid dienone is 8. The van der Waals surface area contributed by atoms with Crippen LogP contribution in [0.15, 0.2) is 48.6 Å². The Kier molecular flexibility index (Phi) is 39.5. The van der Waals surface area contributed by atoms with E-state index in [1.54, 1.807) is 0 Å². The van der Waals surface area contributed by atoms with Crippen LogP contribution in [0.4, 0.5) is 0 Å². The van der Waals surface area contributed by atoms with Crippen LogP contribution < -0.4 is 0 Å². The molecule has 0 radical (unpaired) electrons. The van der Waals surface area contributed by atoms with Crippen molar-refractivity contribution in [2.75, 3.05) is 13.2 Å². The van der Waals surface area contributed by atoms with Gasteiger partial charge in [-0.05, 0) is 70.6 Å². The van der Waals surface area contributed by atoms with Crippen LogP contribution in [-0.4, -0.2) is 36.4 Å². The zero-order chi connectivity index (χ0) is 36.4. The molecular weight excluding hydrogens is 620 g/mol. The summed E-state index contributed by atoms with van der Waals surface area (Å²) >= 11 is 0. The number of rotatable bonds is 38. The number of esters is 2. The standard InChI is InChI=1S/C45H80O5/c1-3-5-7-9-11-13-15-17-19-20-21-22-23-24-26-27-29-31-33-35-37-39-44(47)49-42-43(41-46)50-45(48)40-38-36-34-32-30-28-25-18-16-14-12-10-8-6-4-2/h6,8,12,14,17-19,25,43,46H,3-5,7,9-11,13,15-16,20-24,26-42H2,1-2H3/b8-6+,14-12+,19-17+,25-18+/t43-/m0/s1.